The molecule has 2 aromatic rings. The van der Waals surface area contributed by atoms with Gasteiger partial charge in [0.1, 0.15) is 5.82 Å². The smallest absolute Gasteiger partial charge is 0.183 e. The molecule has 0 radical (unpaired) electrons. The lowest BCUT2D eigenvalue weighted by molar-refractivity contribution is 0.595. The van der Waals surface area contributed by atoms with Gasteiger partial charge in [-0.15, -0.1) is 0 Å². The molecule has 19 heavy (non-hydrogen) atoms. The molecular weight excluding hydrogens is 289 g/mol. The van der Waals surface area contributed by atoms with E-state index in [0.717, 1.165) is 12.1 Å². The molecule has 2 aromatic carbocycles. The quantitative estimate of drug-likeness (QED) is 0.886. The first-order chi connectivity index (χ1) is 8.88. The van der Waals surface area contributed by atoms with Crippen molar-refractivity contribution >= 4 is 27.1 Å². The van der Waals surface area contributed by atoms with Crippen LogP contribution in [0.25, 0.3) is 0 Å². The van der Waals surface area contributed by atoms with Crippen LogP contribution in [0.4, 0.5) is 10.1 Å². The molecule has 0 bridgehead atoms. The maximum atomic E-state index is 13.2. The van der Waals surface area contributed by atoms with Gasteiger partial charge in [-0.2, -0.15) is 0 Å². The molecule has 2 rings (SSSR count). The molecule has 0 aromatic heterocycles. The second kappa shape index (κ2) is 5.19. The number of hydrogen-bond donors (Lipinski definition) is 1. The summed E-state index contributed by atoms with van der Waals surface area (Å²) in [5.41, 5.74) is 5.96. The highest BCUT2D eigenvalue weighted by Gasteiger charge is 2.18. The molecule has 0 spiro atoms. The predicted octanol–water partition coefficient (Wildman–Crippen LogP) is 3.04. The predicted molar refractivity (Wildman–Crippen MR) is 73.2 cm³/mol. The van der Waals surface area contributed by atoms with E-state index in [9.17, 15) is 12.8 Å². The minimum atomic E-state index is -3.63. The van der Waals surface area contributed by atoms with Crippen molar-refractivity contribution in [3.8, 4) is 0 Å². The number of anilines is 1. The lowest BCUT2D eigenvalue weighted by Crippen LogP contribution is -2.06. The molecule has 6 heteroatoms. The molecule has 0 fully saturated rings. The van der Waals surface area contributed by atoms with Crippen LogP contribution in [0.2, 0.25) is 5.02 Å². The van der Waals surface area contributed by atoms with Gasteiger partial charge in [-0.05, 0) is 35.9 Å². The van der Waals surface area contributed by atoms with Gasteiger partial charge in [0.25, 0.3) is 0 Å². The van der Waals surface area contributed by atoms with E-state index in [1.165, 1.54) is 18.2 Å². The molecule has 0 atom stereocenters. The van der Waals surface area contributed by atoms with Gasteiger partial charge in [-0.3, -0.25) is 0 Å². The number of sulfone groups is 1. The number of nitrogens with two attached hydrogens (primary N) is 1. The Labute approximate surface area is 115 Å². The van der Waals surface area contributed by atoms with Crippen molar-refractivity contribution in [3.05, 3.63) is 58.9 Å². The fourth-order valence-corrected chi connectivity index (χ4v) is 3.65. The number of halogens is 2. The third-order valence-corrected chi connectivity index (χ3v) is 4.69. The molecule has 0 aliphatic carbocycles. The average molecular weight is 300 g/mol. The van der Waals surface area contributed by atoms with Gasteiger partial charge in [-0.25, -0.2) is 12.8 Å². The summed E-state index contributed by atoms with van der Waals surface area (Å²) in [5, 5.41) is 0.145. The van der Waals surface area contributed by atoms with E-state index in [-0.39, 0.29) is 26.9 Å². The van der Waals surface area contributed by atoms with Crippen molar-refractivity contribution < 1.29 is 12.8 Å². The Morgan fingerprint density at radius 1 is 1.16 bits per heavy atom. The Bertz CT molecular complexity index is 696. The van der Waals surface area contributed by atoms with Crippen molar-refractivity contribution in [1.82, 2.24) is 0 Å². The Hall–Kier alpha value is -1.59. The fourth-order valence-electron chi connectivity index (χ4n) is 1.75. The standard InChI is InChI=1S/C13H11ClFNO2S/c14-12-3-1-2-4-13(12)19(17,18)8-9-5-10(15)7-11(16)6-9/h1-7H,8,16H2. The van der Waals surface area contributed by atoms with Crippen LogP contribution in [0.5, 0.6) is 0 Å². The molecule has 0 saturated heterocycles. The normalized spacial score (nSPS) is 11.5. The molecule has 3 nitrogen and oxygen atoms in total. The number of hydrogen-bond acceptors (Lipinski definition) is 3. The third kappa shape index (κ3) is 3.24. The van der Waals surface area contributed by atoms with E-state index in [1.54, 1.807) is 12.1 Å². The van der Waals surface area contributed by atoms with Crippen LogP contribution in [0.15, 0.2) is 47.4 Å². The summed E-state index contributed by atoms with van der Waals surface area (Å²) in [6.07, 6.45) is 0. The maximum Gasteiger partial charge on any atom is 0.183 e. The molecule has 0 aliphatic rings. The van der Waals surface area contributed by atoms with Gasteiger partial charge in [0.2, 0.25) is 0 Å². The summed E-state index contributed by atoms with van der Waals surface area (Å²) in [5.74, 6) is -0.914. The Kier molecular flexibility index (Phi) is 3.78. The van der Waals surface area contributed by atoms with Crippen LogP contribution >= 0.6 is 11.6 Å². The summed E-state index contributed by atoms with van der Waals surface area (Å²) < 4.78 is 37.6. The Morgan fingerprint density at radius 2 is 1.84 bits per heavy atom. The first-order valence-electron chi connectivity index (χ1n) is 5.41. The van der Waals surface area contributed by atoms with Crippen molar-refractivity contribution in [3.63, 3.8) is 0 Å². The average Bonchev–Trinajstić information content (AvgIpc) is 2.26. The fraction of sp³-hybridized carbons (Fsp3) is 0.0769. The lowest BCUT2D eigenvalue weighted by Gasteiger charge is -2.07. The topological polar surface area (TPSA) is 60.2 Å². The summed E-state index contributed by atoms with van der Waals surface area (Å²) in [4.78, 5) is 0.0273. The second-order valence-electron chi connectivity index (χ2n) is 4.08. The highest BCUT2D eigenvalue weighted by atomic mass is 35.5. The SMILES string of the molecule is Nc1cc(F)cc(CS(=O)(=O)c2ccccc2Cl)c1. The maximum absolute atomic E-state index is 13.2. The number of benzene rings is 2. The first-order valence-corrected chi connectivity index (χ1v) is 7.44. The lowest BCUT2D eigenvalue weighted by atomic mass is 10.2. The van der Waals surface area contributed by atoms with Crippen LogP contribution in [0.1, 0.15) is 5.56 Å². The van der Waals surface area contributed by atoms with Gasteiger partial charge in [-0.1, -0.05) is 23.7 Å². The van der Waals surface area contributed by atoms with Gasteiger partial charge in [0.05, 0.1) is 15.7 Å². The van der Waals surface area contributed by atoms with Crippen molar-refractivity contribution in [2.75, 3.05) is 5.73 Å². The third-order valence-electron chi connectivity index (χ3n) is 2.51. The molecular formula is C13H11ClFNO2S. The zero-order chi connectivity index (χ0) is 14.0. The first kappa shape index (κ1) is 13.8. The number of rotatable bonds is 3. The van der Waals surface area contributed by atoms with E-state index in [0.29, 0.717) is 0 Å². The summed E-state index contributed by atoms with van der Waals surface area (Å²) in [6.45, 7) is 0. The molecule has 0 aliphatic heterocycles. The van der Waals surface area contributed by atoms with E-state index < -0.39 is 15.7 Å². The van der Waals surface area contributed by atoms with E-state index >= 15 is 0 Å². The highest BCUT2D eigenvalue weighted by Crippen LogP contribution is 2.25. The van der Waals surface area contributed by atoms with Crippen LogP contribution in [-0.2, 0) is 15.6 Å². The molecule has 0 saturated carbocycles. The summed E-state index contributed by atoms with van der Waals surface area (Å²) in [7, 11) is -3.63. The van der Waals surface area contributed by atoms with Crippen molar-refractivity contribution in [2.24, 2.45) is 0 Å². The van der Waals surface area contributed by atoms with Crippen molar-refractivity contribution in [2.45, 2.75) is 10.6 Å². The Balaban J connectivity index is 2.39. The highest BCUT2D eigenvalue weighted by molar-refractivity contribution is 7.90. The molecule has 0 heterocycles. The van der Waals surface area contributed by atoms with Crippen molar-refractivity contribution in [1.29, 1.82) is 0 Å². The van der Waals surface area contributed by atoms with Gasteiger partial charge in [0, 0.05) is 5.69 Å². The molecule has 100 valence electrons. The van der Waals surface area contributed by atoms with Crippen LogP contribution in [0, 0.1) is 5.82 Å². The minimum Gasteiger partial charge on any atom is -0.399 e. The zero-order valence-electron chi connectivity index (χ0n) is 9.81. The Morgan fingerprint density at radius 3 is 2.47 bits per heavy atom. The van der Waals surface area contributed by atoms with Gasteiger partial charge < -0.3 is 5.73 Å². The van der Waals surface area contributed by atoms with Crippen LogP contribution < -0.4 is 5.73 Å². The summed E-state index contributed by atoms with van der Waals surface area (Å²) >= 11 is 5.86. The van der Waals surface area contributed by atoms with Crippen LogP contribution in [0.3, 0.4) is 0 Å². The van der Waals surface area contributed by atoms with E-state index in [1.807, 2.05) is 0 Å². The monoisotopic (exact) mass is 299 g/mol. The molecule has 0 amide bonds. The second-order valence-corrected chi connectivity index (χ2v) is 6.45. The van der Waals surface area contributed by atoms with Crippen LogP contribution in [-0.4, -0.2) is 8.42 Å². The molecule has 0 unspecified atom stereocenters. The van der Waals surface area contributed by atoms with E-state index in [2.05, 4.69) is 0 Å². The van der Waals surface area contributed by atoms with Gasteiger partial charge >= 0.3 is 0 Å². The largest absolute Gasteiger partial charge is 0.399 e. The minimum absolute atomic E-state index is 0.0273. The summed E-state index contributed by atoms with van der Waals surface area (Å²) in [6, 6.07) is 9.84. The number of nitrogen functional groups attached to an aromatic ring is 1. The van der Waals surface area contributed by atoms with Gasteiger partial charge in [0.15, 0.2) is 9.84 Å². The molecule has 2 N–H and O–H groups in total. The zero-order valence-corrected chi connectivity index (χ0v) is 11.4. The van der Waals surface area contributed by atoms with E-state index in [4.69, 9.17) is 17.3 Å².